The van der Waals surface area contributed by atoms with E-state index in [2.05, 4.69) is 15.8 Å². The first kappa shape index (κ1) is 17.4. The van der Waals surface area contributed by atoms with Gasteiger partial charge in [0.1, 0.15) is 0 Å². The van der Waals surface area contributed by atoms with Crippen molar-refractivity contribution in [1.29, 1.82) is 0 Å². The first-order valence-electron chi connectivity index (χ1n) is 7.90. The van der Waals surface area contributed by atoms with Crippen LogP contribution in [0.4, 0.5) is 5.69 Å². The molecular weight excluding hydrogens is 302 g/mol. The minimum atomic E-state index is -0.251. The molecule has 0 aliphatic carbocycles. The maximum atomic E-state index is 12.0. The van der Waals surface area contributed by atoms with E-state index in [-0.39, 0.29) is 11.8 Å². The smallest absolute Gasteiger partial charge is 0.271 e. The lowest BCUT2D eigenvalue weighted by Gasteiger charge is -2.06. The molecule has 0 saturated carbocycles. The second-order valence-corrected chi connectivity index (χ2v) is 5.38. The zero-order chi connectivity index (χ0) is 17.4. The lowest BCUT2D eigenvalue weighted by atomic mass is 10.1. The Bertz CT molecular complexity index is 722. The van der Waals surface area contributed by atoms with Gasteiger partial charge in [-0.3, -0.25) is 9.59 Å². The first-order valence-corrected chi connectivity index (χ1v) is 7.90. The summed E-state index contributed by atoms with van der Waals surface area (Å²) in [5, 5.41) is 6.95. The average molecular weight is 323 g/mol. The lowest BCUT2D eigenvalue weighted by molar-refractivity contribution is -0.116. The molecule has 0 aliphatic heterocycles. The van der Waals surface area contributed by atoms with Crippen LogP contribution in [0.15, 0.2) is 59.7 Å². The fraction of sp³-hybridized carbons (Fsp3) is 0.211. The molecule has 0 saturated heterocycles. The summed E-state index contributed by atoms with van der Waals surface area (Å²) >= 11 is 0. The highest BCUT2D eigenvalue weighted by atomic mass is 16.2. The summed E-state index contributed by atoms with van der Waals surface area (Å²) in [6.45, 7) is 3.78. The van der Waals surface area contributed by atoms with Gasteiger partial charge in [-0.25, -0.2) is 5.43 Å². The van der Waals surface area contributed by atoms with E-state index in [0.29, 0.717) is 17.7 Å². The van der Waals surface area contributed by atoms with Crippen molar-refractivity contribution in [3.8, 4) is 0 Å². The van der Waals surface area contributed by atoms with Crippen LogP contribution >= 0.6 is 0 Å². The molecule has 0 bridgehead atoms. The van der Waals surface area contributed by atoms with E-state index < -0.39 is 0 Å². The summed E-state index contributed by atoms with van der Waals surface area (Å²) < 4.78 is 0. The zero-order valence-electron chi connectivity index (χ0n) is 13.9. The molecule has 2 amide bonds. The molecule has 0 aliphatic rings. The van der Waals surface area contributed by atoms with Gasteiger partial charge in [-0.1, -0.05) is 37.3 Å². The summed E-state index contributed by atoms with van der Waals surface area (Å²) in [7, 11) is 0. The number of carbonyl (C=O) groups excluding carboxylic acids is 2. The van der Waals surface area contributed by atoms with Crippen LogP contribution in [0, 0.1) is 0 Å². The van der Waals surface area contributed by atoms with Crippen LogP contribution in [0.1, 0.15) is 42.6 Å². The van der Waals surface area contributed by atoms with E-state index in [1.807, 2.05) is 44.2 Å². The van der Waals surface area contributed by atoms with E-state index in [1.165, 1.54) is 0 Å². The summed E-state index contributed by atoms with van der Waals surface area (Å²) in [6.07, 6.45) is 1.32. The summed E-state index contributed by atoms with van der Waals surface area (Å²) in [5.74, 6) is -0.246. The molecule has 0 radical (unpaired) electrons. The number of hydrogen-bond acceptors (Lipinski definition) is 3. The predicted octanol–water partition coefficient (Wildman–Crippen LogP) is 3.58. The molecule has 0 unspecified atom stereocenters. The number of amides is 2. The minimum Gasteiger partial charge on any atom is -0.326 e. The highest BCUT2D eigenvalue weighted by molar-refractivity contribution is 6.01. The van der Waals surface area contributed by atoms with Crippen molar-refractivity contribution < 1.29 is 9.59 Å². The van der Waals surface area contributed by atoms with E-state index in [9.17, 15) is 9.59 Å². The van der Waals surface area contributed by atoms with Crippen molar-refractivity contribution >= 4 is 23.2 Å². The molecule has 0 atom stereocenters. The molecule has 0 heterocycles. The van der Waals surface area contributed by atoms with Crippen molar-refractivity contribution in [3.05, 3.63) is 65.7 Å². The Labute approximate surface area is 141 Å². The van der Waals surface area contributed by atoms with Crippen molar-refractivity contribution in [2.75, 3.05) is 5.32 Å². The summed E-state index contributed by atoms with van der Waals surface area (Å²) in [5.41, 5.74) is 5.40. The number of carbonyl (C=O) groups is 2. The second kappa shape index (κ2) is 8.62. The second-order valence-electron chi connectivity index (χ2n) is 5.38. The van der Waals surface area contributed by atoms with Crippen LogP contribution in [0.5, 0.6) is 0 Å². The lowest BCUT2D eigenvalue weighted by Crippen LogP contribution is -2.19. The maximum Gasteiger partial charge on any atom is 0.271 e. The monoisotopic (exact) mass is 323 g/mol. The van der Waals surface area contributed by atoms with Crippen LogP contribution in [0.3, 0.4) is 0 Å². The Morgan fingerprint density at radius 3 is 2.25 bits per heavy atom. The molecule has 5 nitrogen and oxygen atoms in total. The van der Waals surface area contributed by atoms with Gasteiger partial charge >= 0.3 is 0 Å². The van der Waals surface area contributed by atoms with Crippen LogP contribution < -0.4 is 10.7 Å². The largest absolute Gasteiger partial charge is 0.326 e. The highest BCUT2D eigenvalue weighted by Gasteiger charge is 2.05. The Kier molecular flexibility index (Phi) is 6.25. The average Bonchev–Trinajstić information content (AvgIpc) is 2.61. The van der Waals surface area contributed by atoms with Gasteiger partial charge in [0.05, 0.1) is 5.71 Å². The van der Waals surface area contributed by atoms with E-state index in [4.69, 9.17) is 0 Å². The van der Waals surface area contributed by atoms with Crippen LogP contribution in [0.2, 0.25) is 0 Å². The van der Waals surface area contributed by atoms with Gasteiger partial charge in [0, 0.05) is 17.7 Å². The number of hydrazone groups is 1. The number of rotatable bonds is 6. The number of benzene rings is 2. The molecule has 2 aromatic rings. The van der Waals surface area contributed by atoms with Gasteiger partial charge in [-0.2, -0.15) is 5.10 Å². The first-order chi connectivity index (χ1) is 11.6. The standard InChI is InChI=1S/C19H21N3O2/c1-3-7-18(23)20-17-12-10-15(11-13-17)14(2)21-22-19(24)16-8-5-4-6-9-16/h4-6,8-13H,3,7H2,1-2H3,(H,20,23)(H,22,24)/b21-14-. The van der Waals surface area contributed by atoms with Crippen molar-refractivity contribution in [2.45, 2.75) is 26.7 Å². The maximum absolute atomic E-state index is 12.0. The Morgan fingerprint density at radius 2 is 1.62 bits per heavy atom. The van der Waals surface area contributed by atoms with E-state index >= 15 is 0 Å². The van der Waals surface area contributed by atoms with Gasteiger partial charge in [-0.15, -0.1) is 0 Å². The normalized spacial score (nSPS) is 11.0. The molecule has 124 valence electrons. The highest BCUT2D eigenvalue weighted by Crippen LogP contribution is 2.11. The molecular formula is C19H21N3O2. The Morgan fingerprint density at radius 1 is 0.958 bits per heavy atom. The predicted molar refractivity (Wildman–Crippen MR) is 96.1 cm³/mol. The molecule has 5 heteroatoms. The molecule has 2 aromatic carbocycles. The zero-order valence-corrected chi connectivity index (χ0v) is 13.9. The van der Waals surface area contributed by atoms with E-state index in [1.54, 1.807) is 24.3 Å². The third-order valence-electron chi connectivity index (χ3n) is 3.42. The van der Waals surface area contributed by atoms with Crippen LogP contribution in [-0.2, 0) is 4.79 Å². The third kappa shape index (κ3) is 5.05. The fourth-order valence-electron chi connectivity index (χ4n) is 2.10. The number of nitrogens with zero attached hydrogens (tertiary/aromatic N) is 1. The van der Waals surface area contributed by atoms with Gasteiger partial charge in [0.15, 0.2) is 0 Å². The SMILES string of the molecule is CCCC(=O)Nc1ccc(/C(C)=N\NC(=O)c2ccccc2)cc1. The fourth-order valence-corrected chi connectivity index (χ4v) is 2.10. The van der Waals surface area contributed by atoms with Crippen LogP contribution in [0.25, 0.3) is 0 Å². The summed E-state index contributed by atoms with van der Waals surface area (Å²) in [4.78, 5) is 23.5. The molecule has 0 fully saturated rings. The quantitative estimate of drug-likeness (QED) is 0.630. The van der Waals surface area contributed by atoms with Crippen LogP contribution in [-0.4, -0.2) is 17.5 Å². The van der Waals surface area contributed by atoms with E-state index in [0.717, 1.165) is 17.7 Å². The third-order valence-corrected chi connectivity index (χ3v) is 3.42. The number of anilines is 1. The number of hydrogen-bond donors (Lipinski definition) is 2. The van der Waals surface area contributed by atoms with Gasteiger partial charge in [0.25, 0.3) is 5.91 Å². The van der Waals surface area contributed by atoms with Gasteiger partial charge < -0.3 is 5.32 Å². The Balaban J connectivity index is 1.98. The molecule has 0 spiro atoms. The summed E-state index contributed by atoms with van der Waals surface area (Å²) in [6, 6.07) is 16.3. The Hall–Kier alpha value is -2.95. The van der Waals surface area contributed by atoms with Gasteiger partial charge in [0.2, 0.25) is 5.91 Å². The minimum absolute atomic E-state index is 0.00534. The van der Waals surface area contributed by atoms with Crippen molar-refractivity contribution in [1.82, 2.24) is 5.43 Å². The van der Waals surface area contributed by atoms with Crippen molar-refractivity contribution in [2.24, 2.45) is 5.10 Å². The molecule has 24 heavy (non-hydrogen) atoms. The van der Waals surface area contributed by atoms with Crippen molar-refractivity contribution in [3.63, 3.8) is 0 Å². The molecule has 2 N–H and O–H groups in total. The molecule has 0 aromatic heterocycles. The van der Waals surface area contributed by atoms with Gasteiger partial charge in [-0.05, 0) is 43.2 Å². The topological polar surface area (TPSA) is 70.6 Å². The number of nitrogens with one attached hydrogen (secondary N) is 2. The molecule has 2 rings (SSSR count).